The van der Waals surface area contributed by atoms with Crippen molar-refractivity contribution in [1.29, 1.82) is 0 Å². The molecule has 9 heteroatoms. The normalized spacial score (nSPS) is 10.9. The summed E-state index contributed by atoms with van der Waals surface area (Å²) in [5.41, 5.74) is 2.45. The van der Waals surface area contributed by atoms with Crippen molar-refractivity contribution in [2.24, 2.45) is 0 Å². The van der Waals surface area contributed by atoms with Gasteiger partial charge in [0.2, 0.25) is 5.75 Å². The zero-order chi connectivity index (χ0) is 26.1. The van der Waals surface area contributed by atoms with Crippen LogP contribution in [0.2, 0.25) is 0 Å². The van der Waals surface area contributed by atoms with Crippen molar-refractivity contribution in [3.05, 3.63) is 93.7 Å². The quantitative estimate of drug-likeness (QED) is 0.121. The molecule has 9 nitrogen and oxygen atoms in total. The molecule has 1 N–H and O–H groups in total. The number of nitrogens with zero attached hydrogens (tertiary/aromatic N) is 1. The molecule has 186 valence electrons. The van der Waals surface area contributed by atoms with E-state index in [2.05, 4.69) is 5.32 Å². The van der Waals surface area contributed by atoms with Gasteiger partial charge in [0.15, 0.2) is 23.0 Å². The fraction of sp³-hybridized carbons (Fsp3) is 0.148. The Morgan fingerprint density at radius 3 is 2.11 bits per heavy atom. The maximum atomic E-state index is 12.5. The molecule has 0 saturated carbocycles. The highest BCUT2D eigenvalue weighted by Gasteiger charge is 2.17. The van der Waals surface area contributed by atoms with Crippen LogP contribution in [-0.4, -0.2) is 39.1 Å². The molecule has 0 aromatic heterocycles. The lowest BCUT2D eigenvalue weighted by Crippen LogP contribution is -2.00. The highest BCUT2D eigenvalue weighted by Crippen LogP contribution is 2.38. The van der Waals surface area contributed by atoms with E-state index in [0.717, 1.165) is 16.8 Å². The third kappa shape index (κ3) is 6.20. The molecule has 0 atom stereocenters. The van der Waals surface area contributed by atoms with Crippen LogP contribution in [0.25, 0.3) is 12.2 Å². The topological polar surface area (TPSA) is 109 Å². The number of carbonyl (C=O) groups excluding carboxylic acids is 1. The van der Waals surface area contributed by atoms with Gasteiger partial charge in [-0.15, -0.1) is 0 Å². The lowest BCUT2D eigenvalue weighted by atomic mass is 10.1. The first-order valence-corrected chi connectivity index (χ1v) is 10.8. The molecule has 0 bridgehead atoms. The van der Waals surface area contributed by atoms with E-state index in [1.807, 2.05) is 48.6 Å². The third-order valence-electron chi connectivity index (χ3n) is 5.19. The molecule has 0 spiro atoms. The Balaban J connectivity index is 1.72. The molecule has 0 amide bonds. The highest BCUT2D eigenvalue weighted by molar-refractivity contribution is 6.05. The lowest BCUT2D eigenvalue weighted by Gasteiger charge is -2.12. The number of benzene rings is 3. The molecule has 0 fully saturated rings. The molecule has 3 aromatic carbocycles. The predicted octanol–water partition coefficient (Wildman–Crippen LogP) is 5.61. The number of hydrogen-bond acceptors (Lipinski definition) is 8. The van der Waals surface area contributed by atoms with Crippen LogP contribution in [0.3, 0.4) is 0 Å². The van der Waals surface area contributed by atoms with E-state index in [1.165, 1.54) is 37.6 Å². The van der Waals surface area contributed by atoms with Gasteiger partial charge in [-0.1, -0.05) is 24.3 Å². The van der Waals surface area contributed by atoms with Crippen LogP contribution in [0.4, 0.5) is 11.4 Å². The largest absolute Gasteiger partial charge is 0.493 e. The van der Waals surface area contributed by atoms with Crippen molar-refractivity contribution in [3.63, 3.8) is 0 Å². The van der Waals surface area contributed by atoms with Crippen LogP contribution >= 0.6 is 0 Å². The average Bonchev–Trinajstić information content (AvgIpc) is 2.90. The van der Waals surface area contributed by atoms with Crippen molar-refractivity contribution < 1.29 is 28.7 Å². The molecule has 0 aliphatic rings. The number of nitro groups is 1. The Labute approximate surface area is 208 Å². The number of methoxy groups -OCH3 is 4. The van der Waals surface area contributed by atoms with Gasteiger partial charge in [-0.05, 0) is 47.5 Å². The molecular weight excluding hydrogens is 464 g/mol. The fourth-order valence-electron chi connectivity index (χ4n) is 3.42. The van der Waals surface area contributed by atoms with Crippen LogP contribution in [0, 0.1) is 10.1 Å². The Morgan fingerprint density at radius 1 is 0.833 bits per heavy atom. The zero-order valence-electron chi connectivity index (χ0n) is 20.3. The molecular formula is C27H26N2O7. The Hall–Kier alpha value is -4.79. The second-order valence-electron chi connectivity index (χ2n) is 7.40. The standard InChI is InChI=1S/C27H26N2O7/c1-33-24-11-10-20(17-22(24)29(31)32)23(30)12-13-28-21-7-5-6-18(14-21)8-9-19-15-25(34-2)27(36-4)26(16-19)35-3/h5-17,28H,1-4H3/b9-8-,13-12-. The molecule has 0 aliphatic carbocycles. The number of hydrogen-bond donors (Lipinski definition) is 1. The van der Waals surface area contributed by atoms with Crippen molar-refractivity contribution in [2.45, 2.75) is 0 Å². The molecule has 0 saturated heterocycles. The minimum Gasteiger partial charge on any atom is -0.493 e. The van der Waals surface area contributed by atoms with E-state index in [0.29, 0.717) is 17.2 Å². The number of nitro benzene ring substituents is 1. The SMILES string of the molecule is COc1ccc(C(=O)/C=C\Nc2cccc(/C=C\c3cc(OC)c(OC)c(OC)c3)c2)cc1[N+](=O)[O-]. The minimum absolute atomic E-state index is 0.0926. The second-order valence-corrected chi connectivity index (χ2v) is 7.40. The first kappa shape index (κ1) is 25.8. The summed E-state index contributed by atoms with van der Waals surface area (Å²) in [6, 6.07) is 15.3. The van der Waals surface area contributed by atoms with E-state index >= 15 is 0 Å². The van der Waals surface area contributed by atoms with Crippen molar-refractivity contribution in [3.8, 4) is 23.0 Å². The predicted molar refractivity (Wildman–Crippen MR) is 138 cm³/mol. The molecule has 3 aromatic rings. The number of carbonyl (C=O) groups is 1. The summed E-state index contributed by atoms with van der Waals surface area (Å²) in [5, 5.41) is 14.2. The maximum Gasteiger partial charge on any atom is 0.311 e. The number of nitrogens with one attached hydrogen (secondary N) is 1. The van der Waals surface area contributed by atoms with Crippen molar-refractivity contribution >= 4 is 29.3 Å². The van der Waals surface area contributed by atoms with Gasteiger partial charge in [0.1, 0.15) is 0 Å². The number of anilines is 1. The van der Waals surface area contributed by atoms with Crippen LogP contribution in [0.1, 0.15) is 21.5 Å². The van der Waals surface area contributed by atoms with Gasteiger partial charge in [0.05, 0.1) is 33.4 Å². The number of ether oxygens (including phenoxy) is 4. The minimum atomic E-state index is -0.589. The van der Waals surface area contributed by atoms with Crippen molar-refractivity contribution in [1.82, 2.24) is 0 Å². The van der Waals surface area contributed by atoms with E-state index in [1.54, 1.807) is 21.3 Å². The van der Waals surface area contributed by atoms with Crippen LogP contribution in [0.15, 0.2) is 66.9 Å². The summed E-state index contributed by atoms with van der Waals surface area (Å²) in [6.07, 6.45) is 6.64. The number of ketones is 1. The molecule has 0 heterocycles. The van der Waals surface area contributed by atoms with Gasteiger partial charge in [-0.2, -0.15) is 0 Å². The lowest BCUT2D eigenvalue weighted by molar-refractivity contribution is -0.385. The monoisotopic (exact) mass is 490 g/mol. The molecule has 3 rings (SSSR count). The summed E-state index contributed by atoms with van der Waals surface area (Å²) in [4.78, 5) is 23.1. The van der Waals surface area contributed by atoms with Crippen molar-refractivity contribution in [2.75, 3.05) is 33.8 Å². The van der Waals surface area contributed by atoms with Crippen LogP contribution in [0.5, 0.6) is 23.0 Å². The molecule has 0 radical (unpaired) electrons. The van der Waals surface area contributed by atoms with Gasteiger partial charge in [0.25, 0.3) is 0 Å². The maximum absolute atomic E-state index is 12.5. The van der Waals surface area contributed by atoms with E-state index < -0.39 is 4.92 Å². The van der Waals surface area contributed by atoms with Crippen LogP contribution < -0.4 is 24.3 Å². The van der Waals surface area contributed by atoms with E-state index in [-0.39, 0.29) is 22.8 Å². The fourth-order valence-corrected chi connectivity index (χ4v) is 3.42. The third-order valence-corrected chi connectivity index (χ3v) is 5.19. The highest BCUT2D eigenvalue weighted by atomic mass is 16.6. The van der Waals surface area contributed by atoms with Gasteiger partial charge in [0, 0.05) is 29.6 Å². The summed E-state index contributed by atoms with van der Waals surface area (Å²) < 4.78 is 21.1. The first-order valence-electron chi connectivity index (χ1n) is 10.8. The Kier molecular flexibility index (Phi) is 8.66. The van der Waals surface area contributed by atoms with E-state index in [4.69, 9.17) is 18.9 Å². The summed E-state index contributed by atoms with van der Waals surface area (Å²) in [6.45, 7) is 0. The Bertz CT molecular complexity index is 1290. The van der Waals surface area contributed by atoms with Gasteiger partial charge in [-0.25, -0.2) is 0 Å². The van der Waals surface area contributed by atoms with E-state index in [9.17, 15) is 14.9 Å². The summed E-state index contributed by atoms with van der Waals surface area (Å²) in [5.74, 6) is 1.35. The average molecular weight is 491 g/mol. The van der Waals surface area contributed by atoms with Gasteiger partial charge < -0.3 is 24.3 Å². The smallest absolute Gasteiger partial charge is 0.311 e. The Morgan fingerprint density at radius 2 is 1.50 bits per heavy atom. The molecule has 0 unspecified atom stereocenters. The summed E-state index contributed by atoms with van der Waals surface area (Å²) in [7, 11) is 6.01. The molecule has 36 heavy (non-hydrogen) atoms. The number of allylic oxidation sites excluding steroid dienone is 1. The number of rotatable bonds is 11. The van der Waals surface area contributed by atoms with Gasteiger partial charge >= 0.3 is 5.69 Å². The summed E-state index contributed by atoms with van der Waals surface area (Å²) >= 11 is 0. The first-order chi connectivity index (χ1) is 17.4. The second kappa shape index (κ2) is 12.1. The molecule has 0 aliphatic heterocycles. The van der Waals surface area contributed by atoms with Crippen LogP contribution in [-0.2, 0) is 0 Å². The van der Waals surface area contributed by atoms with Gasteiger partial charge in [-0.3, -0.25) is 14.9 Å². The zero-order valence-corrected chi connectivity index (χ0v) is 20.3.